The Morgan fingerprint density at radius 2 is 1.89 bits per heavy atom. The second-order valence-electron chi connectivity index (χ2n) is 4.03. The van der Waals surface area contributed by atoms with Crippen LogP contribution in [0.1, 0.15) is 11.1 Å². The maximum absolute atomic E-state index is 11.7. The minimum atomic E-state index is -2.43. The summed E-state index contributed by atoms with van der Waals surface area (Å²) in [5.74, 6) is -0.859. The first kappa shape index (κ1) is 15.5. The van der Waals surface area contributed by atoms with Crippen molar-refractivity contribution < 1.29 is 23.4 Å². The minimum absolute atomic E-state index is 0.00910. The third-order valence-corrected chi connectivity index (χ3v) is 2.37. The number of carboxylic acids is 1. The third-order valence-electron chi connectivity index (χ3n) is 2.37. The molecule has 0 spiro atoms. The lowest BCUT2D eigenvalue weighted by atomic mass is 10.1. The number of alkyl halides is 2. The van der Waals surface area contributed by atoms with Crippen molar-refractivity contribution in [2.75, 3.05) is 19.8 Å². The topological polar surface area (TPSA) is 58.6 Å². The average Bonchev–Trinajstić information content (AvgIpc) is 2.34. The van der Waals surface area contributed by atoms with Crippen molar-refractivity contribution in [2.45, 2.75) is 19.4 Å². The highest BCUT2D eigenvalue weighted by Crippen LogP contribution is 2.05. The third kappa shape index (κ3) is 7.48. The molecule has 0 atom stereocenters. The second-order valence-corrected chi connectivity index (χ2v) is 4.03. The predicted molar refractivity (Wildman–Crippen MR) is 66.3 cm³/mol. The fraction of sp³-hybridized carbons (Fsp3) is 0.462. The van der Waals surface area contributed by atoms with Gasteiger partial charge in [0.2, 0.25) is 0 Å². The fourth-order valence-corrected chi connectivity index (χ4v) is 1.50. The maximum Gasteiger partial charge on any atom is 0.307 e. The van der Waals surface area contributed by atoms with E-state index in [-0.39, 0.29) is 13.0 Å². The minimum Gasteiger partial charge on any atom is -0.481 e. The zero-order chi connectivity index (χ0) is 14.1. The first-order valence-electron chi connectivity index (χ1n) is 5.94. The van der Waals surface area contributed by atoms with Crippen molar-refractivity contribution in [2.24, 2.45) is 0 Å². The standard InChI is InChI=1S/C13H17F2NO3/c14-12(15)9-19-6-5-16-8-11-3-1-10(2-4-11)7-13(17)18/h1-4,12,16H,5-9H2,(H,17,18). The Morgan fingerprint density at radius 1 is 1.26 bits per heavy atom. The number of ether oxygens (including phenoxy) is 1. The molecule has 0 fully saturated rings. The number of benzene rings is 1. The number of hydrogen-bond acceptors (Lipinski definition) is 3. The van der Waals surface area contributed by atoms with E-state index >= 15 is 0 Å². The van der Waals surface area contributed by atoms with Crippen molar-refractivity contribution in [3.8, 4) is 0 Å². The van der Waals surface area contributed by atoms with Crippen molar-refractivity contribution >= 4 is 5.97 Å². The van der Waals surface area contributed by atoms with Gasteiger partial charge in [-0.2, -0.15) is 0 Å². The summed E-state index contributed by atoms with van der Waals surface area (Å²) in [7, 11) is 0. The molecule has 0 aliphatic carbocycles. The second kappa shape index (κ2) is 8.55. The summed E-state index contributed by atoms with van der Waals surface area (Å²) in [6.07, 6.45) is -2.42. The van der Waals surface area contributed by atoms with Crippen LogP contribution in [0.4, 0.5) is 8.78 Å². The Labute approximate surface area is 110 Å². The number of halogens is 2. The van der Waals surface area contributed by atoms with Crippen LogP contribution in [0.15, 0.2) is 24.3 Å². The molecule has 0 unspecified atom stereocenters. The van der Waals surface area contributed by atoms with E-state index in [0.29, 0.717) is 13.1 Å². The van der Waals surface area contributed by atoms with Crippen LogP contribution in [0.25, 0.3) is 0 Å². The molecular weight excluding hydrogens is 256 g/mol. The molecule has 0 aliphatic rings. The summed E-state index contributed by atoms with van der Waals surface area (Å²) in [4.78, 5) is 10.5. The molecule has 6 heteroatoms. The highest BCUT2D eigenvalue weighted by Gasteiger charge is 2.01. The van der Waals surface area contributed by atoms with Crippen molar-refractivity contribution in [3.63, 3.8) is 0 Å². The van der Waals surface area contributed by atoms with Gasteiger partial charge in [0.25, 0.3) is 6.43 Å². The van der Waals surface area contributed by atoms with Crippen LogP contribution in [0.3, 0.4) is 0 Å². The van der Waals surface area contributed by atoms with Crippen molar-refractivity contribution in [1.82, 2.24) is 5.32 Å². The van der Waals surface area contributed by atoms with Gasteiger partial charge >= 0.3 is 5.97 Å². The summed E-state index contributed by atoms with van der Waals surface area (Å²) in [6, 6.07) is 7.20. The van der Waals surface area contributed by atoms with Crippen LogP contribution in [-0.4, -0.2) is 37.3 Å². The Hall–Kier alpha value is -1.53. The van der Waals surface area contributed by atoms with Crippen LogP contribution >= 0.6 is 0 Å². The van der Waals surface area contributed by atoms with E-state index in [4.69, 9.17) is 9.84 Å². The highest BCUT2D eigenvalue weighted by atomic mass is 19.3. The number of nitrogens with one attached hydrogen (secondary N) is 1. The van der Waals surface area contributed by atoms with E-state index in [1.54, 1.807) is 12.1 Å². The molecule has 0 radical (unpaired) electrons. The lowest BCUT2D eigenvalue weighted by molar-refractivity contribution is -0.136. The Kier molecular flexibility index (Phi) is 6.99. The molecule has 0 amide bonds. The largest absolute Gasteiger partial charge is 0.481 e. The number of rotatable bonds is 9. The van der Waals surface area contributed by atoms with E-state index in [1.165, 1.54) is 0 Å². The molecular formula is C13H17F2NO3. The van der Waals surface area contributed by atoms with E-state index < -0.39 is 19.0 Å². The molecule has 0 bridgehead atoms. The molecule has 19 heavy (non-hydrogen) atoms. The quantitative estimate of drug-likeness (QED) is 0.672. The smallest absolute Gasteiger partial charge is 0.307 e. The normalized spacial score (nSPS) is 10.9. The average molecular weight is 273 g/mol. The Balaban J connectivity index is 2.17. The van der Waals surface area contributed by atoms with Crippen LogP contribution in [0.2, 0.25) is 0 Å². The lowest BCUT2D eigenvalue weighted by Gasteiger charge is -2.06. The monoisotopic (exact) mass is 273 g/mol. The molecule has 1 aromatic rings. The molecule has 0 saturated heterocycles. The summed E-state index contributed by atoms with van der Waals surface area (Å²) in [6.45, 7) is 0.780. The maximum atomic E-state index is 11.7. The number of carboxylic acid groups (broad SMARTS) is 1. The van der Waals surface area contributed by atoms with E-state index in [9.17, 15) is 13.6 Å². The number of aliphatic carboxylic acids is 1. The molecule has 1 aromatic carbocycles. The predicted octanol–water partition coefficient (Wildman–Crippen LogP) is 1.69. The molecule has 0 aliphatic heterocycles. The number of hydrogen-bond donors (Lipinski definition) is 2. The van der Waals surface area contributed by atoms with Gasteiger partial charge in [-0.1, -0.05) is 24.3 Å². The zero-order valence-electron chi connectivity index (χ0n) is 10.4. The molecule has 1 rings (SSSR count). The van der Waals surface area contributed by atoms with Gasteiger partial charge in [0, 0.05) is 13.1 Å². The van der Waals surface area contributed by atoms with Gasteiger partial charge in [-0.3, -0.25) is 4.79 Å². The fourth-order valence-electron chi connectivity index (χ4n) is 1.50. The molecule has 4 nitrogen and oxygen atoms in total. The van der Waals surface area contributed by atoms with Gasteiger partial charge in [-0.25, -0.2) is 8.78 Å². The highest BCUT2D eigenvalue weighted by molar-refractivity contribution is 5.70. The van der Waals surface area contributed by atoms with E-state index in [1.807, 2.05) is 12.1 Å². The SMILES string of the molecule is O=C(O)Cc1ccc(CNCCOCC(F)F)cc1. The zero-order valence-corrected chi connectivity index (χ0v) is 10.4. The van der Waals surface area contributed by atoms with Gasteiger partial charge in [0.1, 0.15) is 6.61 Å². The molecule has 0 heterocycles. The van der Waals surface area contributed by atoms with Gasteiger partial charge < -0.3 is 15.2 Å². The van der Waals surface area contributed by atoms with Gasteiger partial charge in [0.15, 0.2) is 0 Å². The lowest BCUT2D eigenvalue weighted by Crippen LogP contribution is -2.20. The molecule has 2 N–H and O–H groups in total. The summed E-state index contributed by atoms with van der Waals surface area (Å²) >= 11 is 0. The van der Waals surface area contributed by atoms with Crippen molar-refractivity contribution in [3.05, 3.63) is 35.4 Å². The van der Waals surface area contributed by atoms with Crippen molar-refractivity contribution in [1.29, 1.82) is 0 Å². The van der Waals surface area contributed by atoms with Gasteiger partial charge in [-0.15, -0.1) is 0 Å². The first-order chi connectivity index (χ1) is 9.08. The summed E-state index contributed by atoms with van der Waals surface area (Å²) < 4.78 is 28.2. The van der Waals surface area contributed by atoms with Gasteiger partial charge in [0.05, 0.1) is 13.0 Å². The van der Waals surface area contributed by atoms with Gasteiger partial charge in [-0.05, 0) is 11.1 Å². The number of carbonyl (C=O) groups is 1. The summed E-state index contributed by atoms with van der Waals surface area (Å²) in [5, 5.41) is 11.7. The Bertz CT molecular complexity index is 382. The van der Waals surface area contributed by atoms with E-state index in [0.717, 1.165) is 11.1 Å². The summed E-state index contributed by atoms with van der Waals surface area (Å²) in [5.41, 5.74) is 1.75. The molecule has 0 aromatic heterocycles. The van der Waals surface area contributed by atoms with Crippen LogP contribution in [0, 0.1) is 0 Å². The van der Waals surface area contributed by atoms with Crippen LogP contribution in [-0.2, 0) is 22.5 Å². The first-order valence-corrected chi connectivity index (χ1v) is 5.94. The van der Waals surface area contributed by atoms with Crippen LogP contribution < -0.4 is 5.32 Å². The molecule has 0 saturated carbocycles. The Morgan fingerprint density at radius 3 is 2.47 bits per heavy atom. The van der Waals surface area contributed by atoms with Crippen LogP contribution in [0.5, 0.6) is 0 Å². The van der Waals surface area contributed by atoms with E-state index in [2.05, 4.69) is 5.32 Å². The molecule has 106 valence electrons.